The van der Waals surface area contributed by atoms with Crippen LogP contribution in [0.4, 0.5) is 17.6 Å². The average molecular weight is 330 g/mol. The molecule has 0 atom stereocenters. The molecule has 3 aromatic rings. The monoisotopic (exact) mass is 329 g/mol. The first-order chi connectivity index (χ1) is 10.3. The lowest BCUT2D eigenvalue weighted by Crippen LogP contribution is -2.09. The van der Waals surface area contributed by atoms with E-state index in [0.717, 1.165) is 0 Å². The molecule has 0 unspecified atom stereocenters. The zero-order valence-corrected chi connectivity index (χ0v) is 11.9. The van der Waals surface area contributed by atoms with Crippen LogP contribution in [0.25, 0.3) is 22.2 Å². The Hall–Kier alpha value is -2.15. The maximum atomic E-state index is 13.3. The molecule has 0 aliphatic heterocycles. The normalized spacial score (nSPS) is 12.1. The van der Waals surface area contributed by atoms with Crippen LogP contribution < -0.4 is 0 Å². The first-order valence-corrected chi connectivity index (χ1v) is 6.50. The zero-order valence-electron chi connectivity index (χ0n) is 11.1. The zero-order chi connectivity index (χ0) is 16.1. The fourth-order valence-corrected chi connectivity index (χ4v) is 2.45. The van der Waals surface area contributed by atoms with E-state index in [4.69, 9.17) is 11.6 Å². The summed E-state index contributed by atoms with van der Waals surface area (Å²) in [5, 5.41) is 0.159. The van der Waals surface area contributed by atoms with Crippen molar-refractivity contribution in [1.82, 2.24) is 14.5 Å². The van der Waals surface area contributed by atoms with E-state index < -0.39 is 17.6 Å². The number of halogens is 5. The van der Waals surface area contributed by atoms with Crippen molar-refractivity contribution in [3.05, 3.63) is 47.3 Å². The summed E-state index contributed by atoms with van der Waals surface area (Å²) in [5.74, 6) is -0.475. The number of fused-ring (bicyclic) bond motifs is 1. The summed E-state index contributed by atoms with van der Waals surface area (Å²) in [6.45, 7) is 0. The molecule has 3 nitrogen and oxygen atoms in total. The minimum atomic E-state index is -4.62. The van der Waals surface area contributed by atoms with Crippen LogP contribution in [0, 0.1) is 5.82 Å². The third-order valence-corrected chi connectivity index (χ3v) is 3.45. The number of aryl methyl sites for hydroxylation is 1. The second kappa shape index (κ2) is 4.95. The lowest BCUT2D eigenvalue weighted by molar-refractivity contribution is -0.137. The summed E-state index contributed by atoms with van der Waals surface area (Å²) >= 11 is 5.64. The fourth-order valence-electron chi connectivity index (χ4n) is 2.32. The molecular weight excluding hydrogens is 322 g/mol. The third-order valence-electron chi connectivity index (χ3n) is 3.27. The summed E-state index contributed by atoms with van der Waals surface area (Å²) in [7, 11) is 1.61. The third kappa shape index (κ3) is 2.41. The molecule has 0 spiro atoms. The maximum Gasteiger partial charge on any atom is 0.419 e. The van der Waals surface area contributed by atoms with Crippen molar-refractivity contribution in [1.29, 1.82) is 0 Å². The highest BCUT2D eigenvalue weighted by Crippen LogP contribution is 2.39. The van der Waals surface area contributed by atoms with Gasteiger partial charge in [0, 0.05) is 30.4 Å². The molecule has 114 valence electrons. The summed E-state index contributed by atoms with van der Waals surface area (Å²) in [6.07, 6.45) is -2.52. The van der Waals surface area contributed by atoms with Gasteiger partial charge in [-0.1, -0.05) is 0 Å². The molecule has 0 aliphatic rings. The van der Waals surface area contributed by atoms with Crippen LogP contribution in [0.3, 0.4) is 0 Å². The van der Waals surface area contributed by atoms with Crippen LogP contribution in [-0.4, -0.2) is 14.5 Å². The Labute approximate surface area is 127 Å². The number of benzene rings is 1. The minimum Gasteiger partial charge on any atom is -0.350 e. The molecule has 0 saturated heterocycles. The molecule has 3 rings (SSSR count). The van der Waals surface area contributed by atoms with E-state index in [0.29, 0.717) is 17.1 Å². The van der Waals surface area contributed by atoms with Crippen molar-refractivity contribution in [2.24, 2.45) is 7.05 Å². The summed E-state index contributed by atoms with van der Waals surface area (Å²) in [6, 6.07) is 3.84. The van der Waals surface area contributed by atoms with E-state index in [1.54, 1.807) is 7.05 Å². The molecule has 0 amide bonds. The Morgan fingerprint density at radius 2 is 1.95 bits per heavy atom. The minimum absolute atomic E-state index is 0.217. The highest BCUT2D eigenvalue weighted by molar-refractivity contribution is 6.28. The summed E-state index contributed by atoms with van der Waals surface area (Å²) in [4.78, 5) is 7.12. The van der Waals surface area contributed by atoms with E-state index >= 15 is 0 Å². The molecule has 0 saturated carbocycles. The summed E-state index contributed by atoms with van der Waals surface area (Å²) in [5.41, 5.74) is -0.648. The molecule has 0 radical (unpaired) electrons. The summed E-state index contributed by atoms with van der Waals surface area (Å²) < 4.78 is 54.3. The number of hydrogen-bond donors (Lipinski definition) is 0. The van der Waals surface area contributed by atoms with Gasteiger partial charge in [-0.2, -0.15) is 13.2 Å². The van der Waals surface area contributed by atoms with E-state index in [-0.39, 0.29) is 16.5 Å². The Morgan fingerprint density at radius 1 is 1.23 bits per heavy atom. The lowest BCUT2D eigenvalue weighted by Gasteiger charge is -2.11. The standard InChI is InChI=1S/C14H8ClF4N3/c1-22-6-9(8-3-2-7(16)4-11(8)22)12-10(14(17,18)19)5-20-13(15)21-12/h2-6H,1H3. The van der Waals surface area contributed by atoms with Gasteiger partial charge in [0.1, 0.15) is 11.4 Å². The Balaban J connectivity index is 2.35. The highest BCUT2D eigenvalue weighted by atomic mass is 35.5. The van der Waals surface area contributed by atoms with Gasteiger partial charge in [-0.3, -0.25) is 0 Å². The van der Waals surface area contributed by atoms with Crippen molar-refractivity contribution < 1.29 is 17.6 Å². The quantitative estimate of drug-likeness (QED) is 0.488. The van der Waals surface area contributed by atoms with E-state index in [2.05, 4.69) is 9.97 Å². The van der Waals surface area contributed by atoms with Crippen molar-refractivity contribution >= 4 is 22.5 Å². The van der Waals surface area contributed by atoms with Gasteiger partial charge in [0.25, 0.3) is 0 Å². The van der Waals surface area contributed by atoms with Gasteiger partial charge in [-0.05, 0) is 29.8 Å². The van der Waals surface area contributed by atoms with Gasteiger partial charge in [0.05, 0.1) is 11.2 Å². The second-order valence-corrected chi connectivity index (χ2v) is 5.05. The van der Waals surface area contributed by atoms with E-state index in [9.17, 15) is 17.6 Å². The molecule has 2 aromatic heterocycles. The number of hydrogen-bond acceptors (Lipinski definition) is 2. The Kier molecular flexibility index (Phi) is 3.32. The predicted octanol–water partition coefficient (Wildman–Crippen LogP) is 4.45. The topological polar surface area (TPSA) is 30.7 Å². The fraction of sp³-hybridized carbons (Fsp3) is 0.143. The second-order valence-electron chi connectivity index (χ2n) is 4.71. The molecule has 0 aliphatic carbocycles. The SMILES string of the molecule is Cn1cc(-c2nc(Cl)ncc2C(F)(F)F)c2ccc(F)cc21. The van der Waals surface area contributed by atoms with Crippen molar-refractivity contribution in [3.63, 3.8) is 0 Å². The van der Waals surface area contributed by atoms with Gasteiger partial charge in [0.2, 0.25) is 5.28 Å². The maximum absolute atomic E-state index is 13.3. The molecule has 1 aromatic carbocycles. The van der Waals surface area contributed by atoms with Crippen LogP contribution in [0.2, 0.25) is 5.28 Å². The largest absolute Gasteiger partial charge is 0.419 e. The van der Waals surface area contributed by atoms with Crippen molar-refractivity contribution in [3.8, 4) is 11.3 Å². The lowest BCUT2D eigenvalue weighted by atomic mass is 10.1. The molecule has 0 N–H and O–H groups in total. The van der Waals surface area contributed by atoms with Crippen LogP contribution in [0.5, 0.6) is 0 Å². The van der Waals surface area contributed by atoms with E-state index in [1.165, 1.54) is 29.0 Å². The van der Waals surface area contributed by atoms with Gasteiger partial charge >= 0.3 is 6.18 Å². The van der Waals surface area contributed by atoms with E-state index in [1.807, 2.05) is 0 Å². The Bertz CT molecular complexity index is 870. The molecule has 8 heteroatoms. The molecule has 0 bridgehead atoms. The highest BCUT2D eigenvalue weighted by Gasteiger charge is 2.36. The van der Waals surface area contributed by atoms with Crippen molar-refractivity contribution in [2.45, 2.75) is 6.18 Å². The van der Waals surface area contributed by atoms with Crippen molar-refractivity contribution in [2.75, 3.05) is 0 Å². The smallest absolute Gasteiger partial charge is 0.350 e. The number of rotatable bonds is 1. The van der Waals surface area contributed by atoms with Crippen LogP contribution in [0.15, 0.2) is 30.6 Å². The molecule has 22 heavy (non-hydrogen) atoms. The van der Waals surface area contributed by atoms with Gasteiger partial charge in [0.15, 0.2) is 0 Å². The Morgan fingerprint density at radius 3 is 2.64 bits per heavy atom. The number of nitrogens with zero attached hydrogens (tertiary/aromatic N) is 3. The number of alkyl halides is 3. The molecule has 2 heterocycles. The predicted molar refractivity (Wildman–Crippen MR) is 73.9 cm³/mol. The first kappa shape index (κ1) is 14.8. The number of aromatic nitrogens is 3. The average Bonchev–Trinajstić information content (AvgIpc) is 2.74. The first-order valence-electron chi connectivity index (χ1n) is 6.12. The van der Waals surface area contributed by atoms with Gasteiger partial charge in [-0.25, -0.2) is 14.4 Å². The van der Waals surface area contributed by atoms with Gasteiger partial charge in [-0.15, -0.1) is 0 Å². The van der Waals surface area contributed by atoms with Crippen LogP contribution in [0.1, 0.15) is 5.56 Å². The molecular formula is C14H8ClF4N3. The van der Waals surface area contributed by atoms with Gasteiger partial charge < -0.3 is 4.57 Å². The van der Waals surface area contributed by atoms with Crippen LogP contribution in [-0.2, 0) is 13.2 Å². The molecule has 0 fully saturated rings. The van der Waals surface area contributed by atoms with Crippen LogP contribution >= 0.6 is 11.6 Å².